The third-order valence-electron chi connectivity index (χ3n) is 2.91. The van der Waals surface area contributed by atoms with E-state index in [0.29, 0.717) is 16.5 Å². The number of nitrogens with zero attached hydrogens (tertiary/aromatic N) is 3. The van der Waals surface area contributed by atoms with Crippen LogP contribution in [0.1, 0.15) is 6.92 Å². The van der Waals surface area contributed by atoms with E-state index in [1.807, 2.05) is 60.7 Å². The lowest BCUT2D eigenvalue weighted by Gasteiger charge is -2.02. The van der Waals surface area contributed by atoms with Crippen LogP contribution < -0.4 is 5.73 Å². The molecule has 1 aromatic heterocycles. The van der Waals surface area contributed by atoms with Crippen molar-refractivity contribution in [2.75, 3.05) is 5.73 Å². The van der Waals surface area contributed by atoms with Crippen molar-refractivity contribution in [2.24, 2.45) is 0 Å². The molecule has 0 atom stereocenters. The first-order valence-electron chi connectivity index (χ1n) is 6.64. The van der Waals surface area contributed by atoms with Gasteiger partial charge in [0, 0.05) is 12.5 Å². The van der Waals surface area contributed by atoms with Crippen molar-refractivity contribution < 1.29 is 0 Å². The first-order valence-corrected chi connectivity index (χ1v) is 7.02. The topological polar surface area (TPSA) is 67.6 Å². The molecule has 0 amide bonds. The zero-order chi connectivity index (χ0) is 15.9. The summed E-state index contributed by atoms with van der Waals surface area (Å²) in [7, 11) is 0. The van der Waals surface area contributed by atoms with Crippen molar-refractivity contribution in [3.63, 3.8) is 0 Å². The molecule has 2 N–H and O–H groups in total. The van der Waals surface area contributed by atoms with Crippen molar-refractivity contribution >= 4 is 17.4 Å². The van der Waals surface area contributed by atoms with E-state index in [4.69, 9.17) is 22.6 Å². The maximum Gasteiger partial charge on any atom is 0.146 e. The van der Waals surface area contributed by atoms with Crippen molar-refractivity contribution in [1.29, 1.82) is 5.26 Å². The fourth-order valence-corrected chi connectivity index (χ4v) is 2.19. The number of nitrogen functional groups attached to an aromatic ring is 1. The minimum absolute atomic E-state index is 0.451. The SMILES string of the molecule is CC#N.Nc1c(Cl)c(-c2ccccc2)nn1-c1ccccc1. The molecule has 22 heavy (non-hydrogen) atoms. The third-order valence-corrected chi connectivity index (χ3v) is 3.28. The van der Waals surface area contributed by atoms with Crippen LogP contribution in [0.2, 0.25) is 5.02 Å². The number of rotatable bonds is 2. The highest BCUT2D eigenvalue weighted by molar-refractivity contribution is 6.35. The van der Waals surface area contributed by atoms with Gasteiger partial charge in [-0.25, -0.2) is 4.68 Å². The number of halogens is 1. The van der Waals surface area contributed by atoms with Crippen LogP contribution in [0.5, 0.6) is 0 Å². The number of anilines is 1. The highest BCUT2D eigenvalue weighted by atomic mass is 35.5. The molecule has 0 fully saturated rings. The Morgan fingerprint density at radius 3 is 2.09 bits per heavy atom. The molecule has 0 aliphatic heterocycles. The number of nitriles is 1. The van der Waals surface area contributed by atoms with Crippen molar-refractivity contribution in [1.82, 2.24) is 9.78 Å². The lowest BCUT2D eigenvalue weighted by molar-refractivity contribution is 0.895. The highest BCUT2D eigenvalue weighted by Crippen LogP contribution is 2.33. The Balaban J connectivity index is 0.000000545. The summed E-state index contributed by atoms with van der Waals surface area (Å²) >= 11 is 6.29. The molecule has 0 spiro atoms. The van der Waals surface area contributed by atoms with Crippen LogP contribution in [-0.2, 0) is 0 Å². The van der Waals surface area contributed by atoms with Crippen LogP contribution in [-0.4, -0.2) is 9.78 Å². The lowest BCUT2D eigenvalue weighted by atomic mass is 10.1. The number of benzene rings is 2. The van der Waals surface area contributed by atoms with Gasteiger partial charge in [0.15, 0.2) is 0 Å². The normalized spacial score (nSPS) is 9.50. The molecule has 5 heteroatoms. The highest BCUT2D eigenvalue weighted by Gasteiger charge is 2.15. The molecule has 2 aromatic carbocycles. The third kappa shape index (κ3) is 3.27. The van der Waals surface area contributed by atoms with Gasteiger partial charge in [-0.05, 0) is 12.1 Å². The monoisotopic (exact) mass is 310 g/mol. The largest absolute Gasteiger partial charge is 0.382 e. The van der Waals surface area contributed by atoms with Gasteiger partial charge in [0.2, 0.25) is 0 Å². The summed E-state index contributed by atoms with van der Waals surface area (Å²) in [5.74, 6) is 0.451. The van der Waals surface area contributed by atoms with E-state index >= 15 is 0 Å². The maximum absolute atomic E-state index is 7.32. The standard InChI is InChI=1S/C15H12ClN3.C2H3N/c16-13-14(11-7-3-1-4-8-11)18-19(15(13)17)12-9-5-2-6-10-12;1-2-3/h1-10H,17H2;1H3. The lowest BCUT2D eigenvalue weighted by Crippen LogP contribution is -2.01. The maximum atomic E-state index is 7.32. The Morgan fingerprint density at radius 2 is 1.55 bits per heavy atom. The number of hydrogen-bond donors (Lipinski definition) is 1. The second-order valence-electron chi connectivity index (χ2n) is 4.38. The predicted molar refractivity (Wildman–Crippen MR) is 89.7 cm³/mol. The summed E-state index contributed by atoms with van der Waals surface area (Å²) in [6.07, 6.45) is 0. The van der Waals surface area contributed by atoms with E-state index in [9.17, 15) is 0 Å². The Bertz CT molecular complexity index is 714. The van der Waals surface area contributed by atoms with Crippen molar-refractivity contribution in [3.05, 3.63) is 65.7 Å². The number of aromatic nitrogens is 2. The summed E-state index contributed by atoms with van der Waals surface area (Å²) < 4.78 is 1.66. The van der Waals surface area contributed by atoms with Crippen LogP contribution >= 0.6 is 11.6 Å². The van der Waals surface area contributed by atoms with Crippen LogP contribution in [0.15, 0.2) is 60.7 Å². The summed E-state index contributed by atoms with van der Waals surface area (Å²) in [6, 6.07) is 21.2. The molecule has 0 aliphatic rings. The Morgan fingerprint density at radius 1 is 1.05 bits per heavy atom. The molecule has 3 aromatic rings. The zero-order valence-electron chi connectivity index (χ0n) is 12.1. The molecule has 3 rings (SSSR count). The van der Waals surface area contributed by atoms with Crippen LogP contribution in [0.4, 0.5) is 5.82 Å². The van der Waals surface area contributed by atoms with Gasteiger partial charge in [0.25, 0.3) is 0 Å². The molecule has 0 bridgehead atoms. The van der Waals surface area contributed by atoms with Gasteiger partial charge in [-0.3, -0.25) is 0 Å². The molecular formula is C17H15ClN4. The minimum Gasteiger partial charge on any atom is -0.382 e. The zero-order valence-corrected chi connectivity index (χ0v) is 12.8. The van der Waals surface area contributed by atoms with Crippen molar-refractivity contribution in [3.8, 4) is 23.0 Å². The Labute approximate surface area is 134 Å². The van der Waals surface area contributed by atoms with E-state index in [1.54, 1.807) is 10.8 Å². The summed E-state index contributed by atoms with van der Waals surface area (Å²) in [6.45, 7) is 1.43. The van der Waals surface area contributed by atoms with Crippen LogP contribution in [0, 0.1) is 11.3 Å². The molecule has 110 valence electrons. The first kappa shape index (κ1) is 15.6. The molecule has 0 saturated carbocycles. The number of hydrogen-bond acceptors (Lipinski definition) is 3. The van der Waals surface area contributed by atoms with Gasteiger partial charge in [-0.2, -0.15) is 10.4 Å². The molecule has 4 nitrogen and oxygen atoms in total. The van der Waals surface area contributed by atoms with E-state index < -0.39 is 0 Å². The minimum atomic E-state index is 0.451. The van der Waals surface area contributed by atoms with Gasteiger partial charge in [-0.1, -0.05) is 60.1 Å². The van der Waals surface area contributed by atoms with Gasteiger partial charge in [-0.15, -0.1) is 0 Å². The first-order chi connectivity index (χ1) is 10.7. The summed E-state index contributed by atoms with van der Waals surface area (Å²) in [5, 5.41) is 12.3. The number of para-hydroxylation sites is 1. The molecule has 0 radical (unpaired) electrons. The van der Waals surface area contributed by atoms with Crippen LogP contribution in [0.3, 0.4) is 0 Å². The molecule has 0 unspecified atom stereocenters. The van der Waals surface area contributed by atoms with E-state index in [-0.39, 0.29) is 0 Å². The molecule has 0 saturated heterocycles. The average Bonchev–Trinajstić information content (AvgIpc) is 2.86. The fourth-order valence-electron chi connectivity index (χ4n) is 1.96. The summed E-state index contributed by atoms with van der Waals surface area (Å²) in [4.78, 5) is 0. The predicted octanol–water partition coefficient (Wildman–Crippen LogP) is 4.30. The van der Waals surface area contributed by atoms with Crippen LogP contribution in [0.25, 0.3) is 16.9 Å². The van der Waals surface area contributed by atoms with E-state index in [0.717, 1.165) is 11.3 Å². The van der Waals surface area contributed by atoms with E-state index in [2.05, 4.69) is 5.10 Å². The van der Waals surface area contributed by atoms with Gasteiger partial charge < -0.3 is 5.73 Å². The average molecular weight is 311 g/mol. The molecule has 1 heterocycles. The number of nitrogens with two attached hydrogens (primary N) is 1. The molecular weight excluding hydrogens is 296 g/mol. The van der Waals surface area contributed by atoms with Gasteiger partial charge in [0.1, 0.15) is 16.5 Å². The van der Waals surface area contributed by atoms with Gasteiger partial charge >= 0.3 is 0 Å². The summed E-state index contributed by atoms with van der Waals surface area (Å²) in [5.41, 5.74) is 8.58. The van der Waals surface area contributed by atoms with Gasteiger partial charge in [0.05, 0.1) is 11.8 Å². The Kier molecular flexibility index (Phi) is 5.18. The fraction of sp³-hybridized carbons (Fsp3) is 0.0588. The smallest absolute Gasteiger partial charge is 0.146 e. The van der Waals surface area contributed by atoms with Crippen molar-refractivity contribution in [2.45, 2.75) is 6.92 Å². The Hall–Kier alpha value is -2.77. The second kappa shape index (κ2) is 7.30. The van der Waals surface area contributed by atoms with E-state index in [1.165, 1.54) is 6.92 Å². The quantitative estimate of drug-likeness (QED) is 0.767. The second-order valence-corrected chi connectivity index (χ2v) is 4.76. The molecule has 0 aliphatic carbocycles.